The number of hydrogen-bond acceptors (Lipinski definition) is 6. The predicted octanol–water partition coefficient (Wildman–Crippen LogP) is 0.396. The summed E-state index contributed by atoms with van der Waals surface area (Å²) in [6.45, 7) is 5.19. The van der Waals surface area contributed by atoms with Crippen LogP contribution in [-0.2, 0) is 9.53 Å². The number of anilines is 1. The standard InChI is InChI=1S/C15H22FN3O5/c1-4-8(5-2)13(22)17-12-9(16)6-19(15(23)18-12)14-11(21)10(20)7(3)24-14/h6-8,10-11,14,20-21H,4-5H2,1-3H3,(H,17,18,22,23)/t7-,10-,11-,14-/m1/s1. The first-order valence-electron chi connectivity index (χ1n) is 7.91. The molecular formula is C15H22FN3O5. The highest BCUT2D eigenvalue weighted by atomic mass is 19.1. The van der Waals surface area contributed by atoms with Crippen molar-refractivity contribution in [1.29, 1.82) is 0 Å². The number of rotatable bonds is 5. The van der Waals surface area contributed by atoms with Crippen molar-refractivity contribution in [3.8, 4) is 0 Å². The van der Waals surface area contributed by atoms with E-state index in [2.05, 4.69) is 10.3 Å². The van der Waals surface area contributed by atoms with E-state index < -0.39 is 47.8 Å². The minimum absolute atomic E-state index is 0.301. The zero-order valence-corrected chi connectivity index (χ0v) is 13.8. The predicted molar refractivity (Wildman–Crippen MR) is 82.8 cm³/mol. The Balaban J connectivity index is 2.26. The second-order valence-electron chi connectivity index (χ2n) is 5.84. The molecule has 1 aromatic rings. The number of hydrogen-bond donors (Lipinski definition) is 3. The fourth-order valence-corrected chi connectivity index (χ4v) is 2.65. The van der Waals surface area contributed by atoms with Gasteiger partial charge in [-0.25, -0.2) is 9.18 Å². The molecule has 0 bridgehead atoms. The van der Waals surface area contributed by atoms with Crippen LogP contribution in [0.2, 0.25) is 0 Å². The molecule has 3 N–H and O–H groups in total. The zero-order valence-electron chi connectivity index (χ0n) is 13.8. The van der Waals surface area contributed by atoms with E-state index in [9.17, 15) is 24.2 Å². The van der Waals surface area contributed by atoms with Crippen molar-refractivity contribution in [1.82, 2.24) is 9.55 Å². The fourth-order valence-electron chi connectivity index (χ4n) is 2.65. The summed E-state index contributed by atoms with van der Waals surface area (Å²) in [5.41, 5.74) is -0.901. The van der Waals surface area contributed by atoms with Crippen LogP contribution in [0, 0.1) is 11.7 Å². The van der Waals surface area contributed by atoms with Gasteiger partial charge in [0.05, 0.1) is 12.3 Å². The molecule has 2 heterocycles. The van der Waals surface area contributed by atoms with Gasteiger partial charge in [-0.3, -0.25) is 9.36 Å². The second kappa shape index (κ2) is 7.37. The van der Waals surface area contributed by atoms with Crippen LogP contribution in [-0.4, -0.2) is 44.0 Å². The Hall–Kier alpha value is -1.84. The lowest BCUT2D eigenvalue weighted by atomic mass is 10.0. The van der Waals surface area contributed by atoms with Crippen LogP contribution in [0.25, 0.3) is 0 Å². The van der Waals surface area contributed by atoms with Gasteiger partial charge >= 0.3 is 5.69 Å². The number of halogens is 1. The molecular weight excluding hydrogens is 321 g/mol. The monoisotopic (exact) mass is 343 g/mol. The molecule has 9 heteroatoms. The van der Waals surface area contributed by atoms with Gasteiger partial charge in [0, 0.05) is 5.92 Å². The summed E-state index contributed by atoms with van der Waals surface area (Å²) in [5.74, 6) is -2.11. The lowest BCUT2D eigenvalue weighted by molar-refractivity contribution is -0.120. The van der Waals surface area contributed by atoms with Crippen molar-refractivity contribution < 1.29 is 24.1 Å². The molecule has 0 spiro atoms. The highest BCUT2D eigenvalue weighted by Gasteiger charge is 2.42. The van der Waals surface area contributed by atoms with Crippen LogP contribution < -0.4 is 11.0 Å². The van der Waals surface area contributed by atoms with Gasteiger partial charge in [-0.2, -0.15) is 4.98 Å². The molecule has 1 aromatic heterocycles. The molecule has 24 heavy (non-hydrogen) atoms. The van der Waals surface area contributed by atoms with Crippen molar-refractivity contribution in [3.05, 3.63) is 22.5 Å². The van der Waals surface area contributed by atoms with E-state index in [0.29, 0.717) is 12.8 Å². The average molecular weight is 343 g/mol. The van der Waals surface area contributed by atoms with Crippen LogP contribution in [0.15, 0.2) is 11.0 Å². The first kappa shape index (κ1) is 18.5. The molecule has 134 valence electrons. The highest BCUT2D eigenvalue weighted by Crippen LogP contribution is 2.28. The summed E-state index contributed by atoms with van der Waals surface area (Å²) in [5, 5.41) is 21.9. The Morgan fingerprint density at radius 1 is 1.42 bits per heavy atom. The summed E-state index contributed by atoms with van der Waals surface area (Å²) < 4.78 is 20.2. The number of aromatic nitrogens is 2. The molecule has 0 aliphatic carbocycles. The number of carbonyl (C=O) groups is 1. The first-order valence-corrected chi connectivity index (χ1v) is 7.91. The molecule has 1 fully saturated rings. The Labute approximate surface area is 138 Å². The average Bonchev–Trinajstić information content (AvgIpc) is 2.79. The van der Waals surface area contributed by atoms with Crippen molar-refractivity contribution >= 4 is 11.7 Å². The van der Waals surface area contributed by atoms with E-state index in [1.807, 2.05) is 13.8 Å². The Morgan fingerprint density at radius 3 is 2.54 bits per heavy atom. The number of aliphatic hydroxyl groups excluding tert-OH is 2. The Bertz CT molecular complexity index is 661. The quantitative estimate of drug-likeness (QED) is 0.713. The minimum Gasteiger partial charge on any atom is -0.388 e. The van der Waals surface area contributed by atoms with Crippen molar-refractivity contribution in [2.24, 2.45) is 5.92 Å². The van der Waals surface area contributed by atoms with Crippen molar-refractivity contribution in [2.45, 2.75) is 58.2 Å². The Morgan fingerprint density at radius 2 is 2.04 bits per heavy atom. The van der Waals surface area contributed by atoms with Crippen molar-refractivity contribution in [2.75, 3.05) is 5.32 Å². The van der Waals surface area contributed by atoms with Crippen molar-refractivity contribution in [3.63, 3.8) is 0 Å². The number of amides is 1. The lowest BCUT2D eigenvalue weighted by Gasteiger charge is -2.18. The molecule has 1 aliphatic heterocycles. The number of carbonyl (C=O) groups excluding carboxylic acids is 1. The normalized spacial score (nSPS) is 26.8. The third-order valence-electron chi connectivity index (χ3n) is 4.26. The summed E-state index contributed by atoms with van der Waals surface area (Å²) in [6.07, 6.45) is -2.57. The largest absolute Gasteiger partial charge is 0.388 e. The van der Waals surface area contributed by atoms with Gasteiger partial charge in [-0.1, -0.05) is 13.8 Å². The first-order chi connectivity index (χ1) is 11.3. The maximum atomic E-state index is 14.2. The van der Waals surface area contributed by atoms with E-state index in [1.54, 1.807) is 0 Å². The van der Waals surface area contributed by atoms with E-state index in [-0.39, 0.29) is 5.92 Å². The molecule has 0 aromatic carbocycles. The lowest BCUT2D eigenvalue weighted by Crippen LogP contribution is -2.36. The molecule has 0 unspecified atom stereocenters. The van der Waals surface area contributed by atoms with Gasteiger partial charge in [-0.05, 0) is 19.8 Å². The summed E-state index contributed by atoms with van der Waals surface area (Å²) in [6, 6.07) is 0. The fraction of sp³-hybridized carbons (Fsp3) is 0.667. The van der Waals surface area contributed by atoms with Crippen LogP contribution in [0.4, 0.5) is 10.2 Å². The number of nitrogens with one attached hydrogen (secondary N) is 1. The highest BCUT2D eigenvalue weighted by molar-refractivity contribution is 5.91. The Kier molecular flexibility index (Phi) is 5.68. The van der Waals surface area contributed by atoms with Gasteiger partial charge in [0.25, 0.3) is 0 Å². The van der Waals surface area contributed by atoms with E-state index >= 15 is 0 Å². The van der Waals surface area contributed by atoms with Gasteiger partial charge in [0.2, 0.25) is 5.91 Å². The van der Waals surface area contributed by atoms with Gasteiger partial charge in [0.15, 0.2) is 17.9 Å². The van der Waals surface area contributed by atoms with Gasteiger partial charge < -0.3 is 20.3 Å². The van der Waals surface area contributed by atoms with Crippen LogP contribution in [0.1, 0.15) is 39.8 Å². The number of ether oxygens (including phenoxy) is 1. The number of aliphatic hydroxyl groups is 2. The second-order valence-corrected chi connectivity index (χ2v) is 5.84. The van der Waals surface area contributed by atoms with Crippen LogP contribution >= 0.6 is 0 Å². The van der Waals surface area contributed by atoms with Crippen LogP contribution in [0.5, 0.6) is 0 Å². The summed E-state index contributed by atoms with van der Waals surface area (Å²) >= 11 is 0. The van der Waals surface area contributed by atoms with Gasteiger partial charge in [-0.15, -0.1) is 0 Å². The molecule has 1 amide bonds. The molecule has 0 radical (unpaired) electrons. The van der Waals surface area contributed by atoms with Gasteiger partial charge in [0.1, 0.15) is 12.2 Å². The summed E-state index contributed by atoms with van der Waals surface area (Å²) in [7, 11) is 0. The smallest absolute Gasteiger partial charge is 0.351 e. The third-order valence-corrected chi connectivity index (χ3v) is 4.26. The van der Waals surface area contributed by atoms with E-state index in [0.717, 1.165) is 10.8 Å². The van der Waals surface area contributed by atoms with E-state index in [4.69, 9.17) is 4.74 Å². The molecule has 2 rings (SSSR count). The SMILES string of the molecule is CCC(CC)C(=O)Nc1nc(=O)n([C@@H]2O[C@H](C)[C@@H](O)[C@H]2O)cc1F. The summed E-state index contributed by atoms with van der Waals surface area (Å²) in [4.78, 5) is 27.6. The topological polar surface area (TPSA) is 114 Å². The van der Waals surface area contributed by atoms with E-state index in [1.165, 1.54) is 6.92 Å². The third kappa shape index (κ3) is 3.47. The van der Waals surface area contributed by atoms with Crippen LogP contribution in [0.3, 0.4) is 0 Å². The zero-order chi connectivity index (χ0) is 18.0. The number of nitrogens with zero attached hydrogens (tertiary/aromatic N) is 2. The molecule has 0 saturated carbocycles. The maximum absolute atomic E-state index is 14.2. The minimum atomic E-state index is -1.39. The molecule has 1 saturated heterocycles. The molecule has 8 nitrogen and oxygen atoms in total. The maximum Gasteiger partial charge on any atom is 0.351 e. The molecule has 4 atom stereocenters. The molecule has 1 aliphatic rings.